The van der Waals surface area contributed by atoms with E-state index in [-0.39, 0.29) is 37.4 Å². The molecule has 0 radical (unpaired) electrons. The van der Waals surface area contributed by atoms with Crippen molar-refractivity contribution in [3.63, 3.8) is 0 Å². The van der Waals surface area contributed by atoms with Gasteiger partial charge in [0.15, 0.2) is 6.10 Å². The zero-order valence-corrected chi connectivity index (χ0v) is 19.0. The third-order valence-electron chi connectivity index (χ3n) is 6.32. The standard InChI is InChI=1S/C26H28N2O6/c1-33-23(25(30)31)12-13-27-24(29)16-10-11-17(14-16)28-26(32)34-15-22-20-8-4-2-6-18(20)19-7-3-5-9-21(19)22/h2-10,17,22-23H,11-15H2,1H3,(H,27,29)(H,28,32)(H,30,31). The highest BCUT2D eigenvalue weighted by atomic mass is 16.5. The van der Waals surface area contributed by atoms with Gasteiger partial charge in [-0.05, 0) is 35.1 Å². The molecule has 2 amide bonds. The maximum absolute atomic E-state index is 12.5. The van der Waals surface area contributed by atoms with Crippen LogP contribution >= 0.6 is 0 Å². The van der Waals surface area contributed by atoms with Gasteiger partial charge in [-0.3, -0.25) is 4.79 Å². The van der Waals surface area contributed by atoms with Crippen molar-refractivity contribution >= 4 is 18.0 Å². The summed E-state index contributed by atoms with van der Waals surface area (Å²) in [6.07, 6.45) is 1.42. The first-order valence-electron chi connectivity index (χ1n) is 11.3. The van der Waals surface area contributed by atoms with Crippen molar-refractivity contribution in [1.82, 2.24) is 10.6 Å². The van der Waals surface area contributed by atoms with Crippen molar-refractivity contribution in [2.45, 2.75) is 37.3 Å². The predicted molar refractivity (Wildman–Crippen MR) is 125 cm³/mol. The average molecular weight is 465 g/mol. The van der Waals surface area contributed by atoms with Gasteiger partial charge in [-0.25, -0.2) is 9.59 Å². The van der Waals surface area contributed by atoms with E-state index in [9.17, 15) is 14.4 Å². The summed E-state index contributed by atoms with van der Waals surface area (Å²) in [6, 6.07) is 16.1. The third-order valence-corrected chi connectivity index (χ3v) is 6.32. The van der Waals surface area contributed by atoms with Crippen LogP contribution in [0.25, 0.3) is 11.1 Å². The molecule has 2 atom stereocenters. The summed E-state index contributed by atoms with van der Waals surface area (Å²) in [4.78, 5) is 35.8. The summed E-state index contributed by atoms with van der Waals surface area (Å²) >= 11 is 0. The minimum Gasteiger partial charge on any atom is -0.479 e. The van der Waals surface area contributed by atoms with Gasteiger partial charge < -0.3 is 25.2 Å². The molecule has 4 rings (SSSR count). The van der Waals surface area contributed by atoms with Crippen molar-refractivity contribution in [3.05, 3.63) is 71.3 Å². The number of nitrogens with one attached hydrogen (secondary N) is 2. The Morgan fingerprint density at radius 1 is 1.06 bits per heavy atom. The fourth-order valence-electron chi connectivity index (χ4n) is 4.59. The van der Waals surface area contributed by atoms with E-state index in [2.05, 4.69) is 34.9 Å². The van der Waals surface area contributed by atoms with Crippen LogP contribution in [0.5, 0.6) is 0 Å². The Balaban J connectivity index is 1.24. The van der Waals surface area contributed by atoms with Crippen LogP contribution < -0.4 is 10.6 Å². The Hall–Kier alpha value is -3.65. The molecule has 8 heteroatoms. The molecule has 2 aliphatic rings. The molecule has 8 nitrogen and oxygen atoms in total. The smallest absolute Gasteiger partial charge is 0.407 e. The lowest BCUT2D eigenvalue weighted by atomic mass is 9.98. The quantitative estimate of drug-likeness (QED) is 0.525. The lowest BCUT2D eigenvalue weighted by Crippen LogP contribution is -2.35. The van der Waals surface area contributed by atoms with Crippen LogP contribution in [0, 0.1) is 0 Å². The van der Waals surface area contributed by atoms with E-state index in [0.717, 1.165) is 11.1 Å². The monoisotopic (exact) mass is 464 g/mol. The number of carboxylic acid groups (broad SMARTS) is 1. The zero-order chi connectivity index (χ0) is 24.1. The molecule has 2 aliphatic carbocycles. The summed E-state index contributed by atoms with van der Waals surface area (Å²) in [7, 11) is 1.32. The maximum atomic E-state index is 12.5. The first kappa shape index (κ1) is 23.5. The number of ether oxygens (including phenoxy) is 2. The first-order valence-corrected chi connectivity index (χ1v) is 11.3. The first-order chi connectivity index (χ1) is 16.5. The molecule has 3 N–H and O–H groups in total. The molecule has 2 unspecified atom stereocenters. The molecule has 0 heterocycles. The average Bonchev–Trinajstić information content (AvgIpc) is 3.43. The number of carbonyl (C=O) groups is 3. The number of carboxylic acids is 1. The number of rotatable bonds is 9. The van der Waals surface area contributed by atoms with Gasteiger partial charge in [0.25, 0.3) is 0 Å². The molecule has 0 aromatic heterocycles. The molecule has 2 aromatic carbocycles. The van der Waals surface area contributed by atoms with Gasteiger partial charge in [0.05, 0.1) is 0 Å². The summed E-state index contributed by atoms with van der Waals surface area (Å²) in [5, 5.41) is 14.5. The molecule has 178 valence electrons. The van der Waals surface area contributed by atoms with Gasteiger partial charge in [-0.2, -0.15) is 0 Å². The van der Waals surface area contributed by atoms with E-state index >= 15 is 0 Å². The van der Waals surface area contributed by atoms with Crippen molar-refractivity contribution in [2.75, 3.05) is 20.3 Å². The molecule has 2 aromatic rings. The number of methoxy groups -OCH3 is 1. The zero-order valence-electron chi connectivity index (χ0n) is 19.0. The van der Waals surface area contributed by atoms with Crippen molar-refractivity contribution in [1.29, 1.82) is 0 Å². The molecule has 0 saturated carbocycles. The number of carbonyl (C=O) groups excluding carboxylic acids is 2. The number of fused-ring (bicyclic) bond motifs is 3. The van der Waals surface area contributed by atoms with Crippen molar-refractivity contribution in [3.8, 4) is 11.1 Å². The number of hydrogen-bond donors (Lipinski definition) is 3. The van der Waals surface area contributed by atoms with Gasteiger partial charge in [0.2, 0.25) is 5.91 Å². The largest absolute Gasteiger partial charge is 0.479 e. The fraction of sp³-hybridized carbons (Fsp3) is 0.346. The van der Waals surface area contributed by atoms with E-state index in [4.69, 9.17) is 14.6 Å². The minimum absolute atomic E-state index is 0.0112. The van der Waals surface area contributed by atoms with E-state index < -0.39 is 18.2 Å². The highest BCUT2D eigenvalue weighted by Gasteiger charge is 2.30. The van der Waals surface area contributed by atoms with Crippen LogP contribution in [0.2, 0.25) is 0 Å². The SMILES string of the molecule is COC(CCNC(=O)C1=CCC(NC(=O)OCC2c3ccccc3-c3ccccc32)C1)C(=O)O. The molecular weight excluding hydrogens is 436 g/mol. The molecular formula is C26H28N2O6. The van der Waals surface area contributed by atoms with E-state index in [1.165, 1.54) is 18.2 Å². The summed E-state index contributed by atoms with van der Waals surface area (Å²) in [6.45, 7) is 0.420. The molecule has 0 spiro atoms. The molecule has 34 heavy (non-hydrogen) atoms. The van der Waals surface area contributed by atoms with Gasteiger partial charge in [-0.1, -0.05) is 54.6 Å². The van der Waals surface area contributed by atoms with Crippen LogP contribution in [0.1, 0.15) is 36.3 Å². The van der Waals surface area contributed by atoms with Gasteiger partial charge in [0, 0.05) is 37.6 Å². The predicted octanol–water partition coefficient (Wildman–Crippen LogP) is 3.22. The molecule has 0 aliphatic heterocycles. The number of hydrogen-bond acceptors (Lipinski definition) is 5. The molecule has 0 fully saturated rings. The van der Waals surface area contributed by atoms with Crippen LogP contribution in [0.15, 0.2) is 60.2 Å². The second kappa shape index (κ2) is 10.5. The normalized spacial score (nSPS) is 17.3. The number of alkyl carbamates (subject to hydrolysis) is 1. The summed E-state index contributed by atoms with van der Waals surface area (Å²) in [5.74, 6) is -1.34. The third kappa shape index (κ3) is 5.12. The number of benzene rings is 2. The molecule has 0 bridgehead atoms. The highest BCUT2D eigenvalue weighted by Crippen LogP contribution is 2.44. The van der Waals surface area contributed by atoms with Gasteiger partial charge >= 0.3 is 12.1 Å². The lowest BCUT2D eigenvalue weighted by Gasteiger charge is -2.17. The fourth-order valence-corrected chi connectivity index (χ4v) is 4.59. The maximum Gasteiger partial charge on any atom is 0.407 e. The Kier molecular flexibility index (Phi) is 7.27. The van der Waals surface area contributed by atoms with E-state index in [1.54, 1.807) is 6.08 Å². The highest BCUT2D eigenvalue weighted by molar-refractivity contribution is 5.94. The Morgan fingerprint density at radius 2 is 1.71 bits per heavy atom. The summed E-state index contributed by atoms with van der Waals surface area (Å²) in [5.41, 5.74) is 5.20. The Morgan fingerprint density at radius 3 is 2.32 bits per heavy atom. The van der Waals surface area contributed by atoms with E-state index in [1.807, 2.05) is 24.3 Å². The number of amides is 2. The second-order valence-corrected chi connectivity index (χ2v) is 8.44. The topological polar surface area (TPSA) is 114 Å². The van der Waals surface area contributed by atoms with E-state index in [0.29, 0.717) is 18.4 Å². The number of aliphatic carboxylic acids is 1. The summed E-state index contributed by atoms with van der Waals surface area (Å²) < 4.78 is 10.4. The van der Waals surface area contributed by atoms with Gasteiger partial charge in [0.1, 0.15) is 6.61 Å². The molecule has 0 saturated heterocycles. The minimum atomic E-state index is -1.07. The van der Waals surface area contributed by atoms with Crippen LogP contribution in [0.4, 0.5) is 4.79 Å². The lowest BCUT2D eigenvalue weighted by molar-refractivity contribution is -0.148. The van der Waals surface area contributed by atoms with Crippen LogP contribution in [-0.2, 0) is 19.1 Å². The Labute approximate surface area is 198 Å². The Bertz CT molecular complexity index is 1070. The van der Waals surface area contributed by atoms with Crippen LogP contribution in [-0.4, -0.2) is 55.5 Å². The van der Waals surface area contributed by atoms with Crippen LogP contribution in [0.3, 0.4) is 0 Å². The van der Waals surface area contributed by atoms with Crippen molar-refractivity contribution in [2.24, 2.45) is 0 Å². The van der Waals surface area contributed by atoms with Crippen molar-refractivity contribution < 1.29 is 29.0 Å². The van der Waals surface area contributed by atoms with Gasteiger partial charge in [-0.15, -0.1) is 0 Å². The second-order valence-electron chi connectivity index (χ2n) is 8.44.